The van der Waals surface area contributed by atoms with Crippen LogP contribution < -0.4 is 10.2 Å². The van der Waals surface area contributed by atoms with Crippen molar-refractivity contribution in [3.05, 3.63) is 72.4 Å². The second-order valence-electron chi connectivity index (χ2n) is 6.41. The van der Waals surface area contributed by atoms with E-state index in [-0.39, 0.29) is 11.8 Å². The van der Waals surface area contributed by atoms with E-state index < -0.39 is 0 Å². The fourth-order valence-corrected chi connectivity index (χ4v) is 3.32. The van der Waals surface area contributed by atoms with E-state index in [0.717, 1.165) is 28.6 Å². The Labute approximate surface area is 157 Å². The molecule has 1 saturated heterocycles. The number of hydrogen-bond donors (Lipinski definition) is 1. The summed E-state index contributed by atoms with van der Waals surface area (Å²) >= 11 is 0. The Bertz CT molecular complexity index is 1040. The van der Waals surface area contributed by atoms with Gasteiger partial charge < -0.3 is 10.2 Å². The molecule has 0 unspecified atom stereocenters. The molecule has 0 bridgehead atoms. The first kappa shape index (κ1) is 17.0. The number of aromatic nitrogens is 1. The predicted octanol–water partition coefficient (Wildman–Crippen LogP) is 4.01. The summed E-state index contributed by atoms with van der Waals surface area (Å²) in [4.78, 5) is 30.6. The number of amides is 2. The van der Waals surface area contributed by atoms with Crippen molar-refractivity contribution >= 4 is 40.2 Å². The summed E-state index contributed by atoms with van der Waals surface area (Å²) in [6.07, 6.45) is 6.38. The zero-order valence-corrected chi connectivity index (χ0v) is 14.8. The maximum Gasteiger partial charge on any atom is 0.248 e. The van der Waals surface area contributed by atoms with Crippen LogP contribution in [0.5, 0.6) is 0 Å². The molecule has 0 atom stereocenters. The van der Waals surface area contributed by atoms with E-state index in [2.05, 4.69) is 10.3 Å². The highest BCUT2D eigenvalue weighted by Crippen LogP contribution is 2.29. The summed E-state index contributed by atoms with van der Waals surface area (Å²) in [5, 5.41) is 3.91. The lowest BCUT2D eigenvalue weighted by Crippen LogP contribution is -2.25. The maximum atomic E-state index is 12.4. The number of rotatable bonds is 4. The number of para-hydroxylation sites is 3. The molecule has 0 spiro atoms. The second-order valence-corrected chi connectivity index (χ2v) is 6.41. The number of carbonyl (C=O) groups excluding carboxylic acids is 2. The number of benzene rings is 2. The number of fused-ring (bicyclic) bond motifs is 1. The minimum Gasteiger partial charge on any atom is -0.321 e. The van der Waals surface area contributed by atoms with Gasteiger partial charge in [-0.15, -0.1) is 0 Å². The number of nitrogens with one attached hydrogen (secondary N) is 1. The predicted molar refractivity (Wildman–Crippen MR) is 107 cm³/mol. The highest BCUT2D eigenvalue weighted by Gasteiger charge is 2.23. The van der Waals surface area contributed by atoms with Crippen LogP contribution in [0, 0.1) is 0 Å². The molecule has 2 aromatic carbocycles. The Kier molecular flexibility index (Phi) is 4.66. The van der Waals surface area contributed by atoms with Crippen molar-refractivity contribution < 1.29 is 9.59 Å². The molecule has 1 aromatic heterocycles. The first-order valence-corrected chi connectivity index (χ1v) is 8.94. The van der Waals surface area contributed by atoms with Crippen LogP contribution in [0.4, 0.5) is 11.4 Å². The van der Waals surface area contributed by atoms with Gasteiger partial charge in [0.25, 0.3) is 0 Å². The Morgan fingerprint density at radius 3 is 2.78 bits per heavy atom. The molecule has 1 fully saturated rings. The van der Waals surface area contributed by atoms with E-state index in [0.29, 0.717) is 18.7 Å². The first-order chi connectivity index (χ1) is 13.2. The first-order valence-electron chi connectivity index (χ1n) is 8.94. The molecule has 5 heteroatoms. The fourth-order valence-electron chi connectivity index (χ4n) is 3.32. The van der Waals surface area contributed by atoms with Crippen molar-refractivity contribution in [1.82, 2.24) is 4.98 Å². The lowest BCUT2D eigenvalue weighted by molar-refractivity contribution is -0.117. The Morgan fingerprint density at radius 1 is 1.07 bits per heavy atom. The van der Waals surface area contributed by atoms with Crippen molar-refractivity contribution in [3.8, 4) is 0 Å². The standard InChI is InChI=1S/C22H19N3O2/c26-20(13-12-17-7-3-6-16-8-4-14-23-22(16)17)24-18-9-1-2-10-19(18)25-15-5-11-21(25)27/h1-4,6-10,12-14H,5,11,15H2,(H,24,26)/b13-12+. The molecule has 0 radical (unpaired) electrons. The molecule has 3 aromatic rings. The smallest absolute Gasteiger partial charge is 0.248 e. The lowest BCUT2D eigenvalue weighted by atomic mass is 10.1. The quantitative estimate of drug-likeness (QED) is 0.718. The van der Waals surface area contributed by atoms with Crippen molar-refractivity contribution in [2.45, 2.75) is 12.8 Å². The summed E-state index contributed by atoms with van der Waals surface area (Å²) in [7, 11) is 0. The van der Waals surface area contributed by atoms with Gasteiger partial charge in [0.1, 0.15) is 0 Å². The van der Waals surface area contributed by atoms with E-state index in [4.69, 9.17) is 0 Å². The SMILES string of the molecule is O=C(/C=C/c1cccc2cccnc12)Nc1ccccc1N1CCCC1=O. The van der Waals surface area contributed by atoms with Crippen LogP contribution in [0.15, 0.2) is 66.9 Å². The summed E-state index contributed by atoms with van der Waals surface area (Å²) < 4.78 is 0. The number of pyridine rings is 1. The third kappa shape index (κ3) is 3.58. The molecular formula is C22H19N3O2. The highest BCUT2D eigenvalue weighted by atomic mass is 16.2. The van der Waals surface area contributed by atoms with Crippen molar-refractivity contribution in [2.75, 3.05) is 16.8 Å². The zero-order chi connectivity index (χ0) is 18.6. The van der Waals surface area contributed by atoms with Gasteiger partial charge in [0, 0.05) is 36.2 Å². The monoisotopic (exact) mass is 357 g/mol. The molecule has 1 aliphatic rings. The van der Waals surface area contributed by atoms with E-state index in [1.54, 1.807) is 17.2 Å². The van der Waals surface area contributed by atoms with Crippen LogP contribution in [-0.4, -0.2) is 23.3 Å². The molecular weight excluding hydrogens is 338 g/mol. The minimum atomic E-state index is -0.248. The topological polar surface area (TPSA) is 62.3 Å². The summed E-state index contributed by atoms with van der Waals surface area (Å²) in [5.41, 5.74) is 3.12. The molecule has 134 valence electrons. The molecule has 4 rings (SSSR count). The van der Waals surface area contributed by atoms with Crippen molar-refractivity contribution in [3.63, 3.8) is 0 Å². The van der Waals surface area contributed by atoms with Crippen LogP contribution in [-0.2, 0) is 9.59 Å². The van der Waals surface area contributed by atoms with Gasteiger partial charge in [-0.2, -0.15) is 0 Å². The van der Waals surface area contributed by atoms with Gasteiger partial charge in [0.05, 0.1) is 16.9 Å². The van der Waals surface area contributed by atoms with Crippen LogP contribution in [0.2, 0.25) is 0 Å². The Balaban J connectivity index is 1.55. The Hall–Kier alpha value is -3.47. The third-order valence-electron chi connectivity index (χ3n) is 4.60. The number of anilines is 2. The van der Waals surface area contributed by atoms with Crippen LogP contribution in [0.1, 0.15) is 18.4 Å². The summed E-state index contributed by atoms with van der Waals surface area (Å²) in [6.45, 7) is 0.684. The number of hydrogen-bond acceptors (Lipinski definition) is 3. The third-order valence-corrected chi connectivity index (χ3v) is 4.60. The number of carbonyl (C=O) groups is 2. The summed E-state index contributed by atoms with van der Waals surface area (Å²) in [5.74, 6) is -0.156. The van der Waals surface area contributed by atoms with Crippen LogP contribution in [0.25, 0.3) is 17.0 Å². The molecule has 5 nitrogen and oxygen atoms in total. The van der Waals surface area contributed by atoms with Gasteiger partial charge >= 0.3 is 0 Å². The van der Waals surface area contributed by atoms with Crippen molar-refractivity contribution in [1.29, 1.82) is 0 Å². The van der Waals surface area contributed by atoms with Gasteiger partial charge in [-0.05, 0) is 30.7 Å². The molecule has 2 heterocycles. The van der Waals surface area contributed by atoms with Crippen LogP contribution >= 0.6 is 0 Å². The normalized spacial score (nSPS) is 14.2. The molecule has 2 amide bonds. The molecule has 0 saturated carbocycles. The van der Waals surface area contributed by atoms with Gasteiger partial charge in [-0.25, -0.2) is 0 Å². The van der Waals surface area contributed by atoms with Crippen molar-refractivity contribution in [2.24, 2.45) is 0 Å². The zero-order valence-electron chi connectivity index (χ0n) is 14.8. The lowest BCUT2D eigenvalue weighted by Gasteiger charge is -2.19. The van der Waals surface area contributed by atoms with E-state index in [1.165, 1.54) is 6.08 Å². The molecule has 27 heavy (non-hydrogen) atoms. The van der Waals surface area contributed by atoms with Gasteiger partial charge in [-0.3, -0.25) is 14.6 Å². The molecule has 1 N–H and O–H groups in total. The van der Waals surface area contributed by atoms with E-state index in [1.807, 2.05) is 54.6 Å². The highest BCUT2D eigenvalue weighted by molar-refractivity contribution is 6.07. The van der Waals surface area contributed by atoms with Crippen LogP contribution in [0.3, 0.4) is 0 Å². The average Bonchev–Trinajstić information content (AvgIpc) is 3.12. The molecule has 1 aliphatic heterocycles. The summed E-state index contributed by atoms with van der Waals surface area (Å²) in [6, 6.07) is 17.1. The van der Waals surface area contributed by atoms with E-state index >= 15 is 0 Å². The van der Waals surface area contributed by atoms with E-state index in [9.17, 15) is 9.59 Å². The average molecular weight is 357 g/mol. The second kappa shape index (κ2) is 7.41. The minimum absolute atomic E-state index is 0.0917. The van der Waals surface area contributed by atoms with Gasteiger partial charge in [-0.1, -0.05) is 36.4 Å². The van der Waals surface area contributed by atoms with Gasteiger partial charge in [0.15, 0.2) is 0 Å². The Morgan fingerprint density at radius 2 is 1.93 bits per heavy atom. The van der Waals surface area contributed by atoms with Gasteiger partial charge in [0.2, 0.25) is 11.8 Å². The maximum absolute atomic E-state index is 12.4. The fraction of sp³-hybridized carbons (Fsp3) is 0.136. The molecule has 0 aliphatic carbocycles. The largest absolute Gasteiger partial charge is 0.321 e. The number of nitrogens with zero attached hydrogens (tertiary/aromatic N) is 2.